The number of carbonyl (C=O) groups is 1. The van der Waals surface area contributed by atoms with Crippen molar-refractivity contribution in [2.24, 2.45) is 7.05 Å². The lowest BCUT2D eigenvalue weighted by molar-refractivity contribution is 0.0947. The minimum Gasteiger partial charge on any atom is -0.351 e. The number of hydrogen-bond donors (Lipinski definition) is 1. The average molecular weight is 443 g/mol. The second-order valence-electron chi connectivity index (χ2n) is 7.96. The zero-order valence-corrected chi connectivity index (χ0v) is 18.4. The molecule has 1 aromatic carbocycles. The minimum absolute atomic E-state index is 0.150. The predicted molar refractivity (Wildman–Crippen MR) is 121 cm³/mol. The number of rotatable bonds is 6. The highest BCUT2D eigenvalue weighted by Crippen LogP contribution is 2.19. The number of carbonyl (C=O) groups excluding carboxylic acids is 1. The van der Waals surface area contributed by atoms with Gasteiger partial charge in [0.2, 0.25) is 0 Å². The van der Waals surface area contributed by atoms with Crippen LogP contribution in [0.15, 0.2) is 35.4 Å². The number of hydrogen-bond acceptors (Lipinski definition) is 5. The van der Waals surface area contributed by atoms with Crippen LogP contribution < -0.4 is 10.9 Å². The zero-order valence-electron chi connectivity index (χ0n) is 17.7. The lowest BCUT2D eigenvalue weighted by Gasteiger charge is -2.19. The van der Waals surface area contributed by atoms with Crippen LogP contribution in [0.3, 0.4) is 0 Å². The first-order valence-corrected chi connectivity index (χ1v) is 11.1. The topological polar surface area (TPSA) is 85.1 Å². The molecule has 1 aliphatic heterocycles. The lowest BCUT2D eigenvalue weighted by Crippen LogP contribution is -2.31. The Balaban J connectivity index is 1.53. The lowest BCUT2D eigenvalue weighted by atomic mass is 10.2. The molecule has 1 amide bonds. The zero-order chi connectivity index (χ0) is 21.8. The van der Waals surface area contributed by atoms with Crippen molar-refractivity contribution in [1.82, 2.24) is 29.5 Å². The highest BCUT2D eigenvalue weighted by molar-refractivity contribution is 6.30. The quantitative estimate of drug-likeness (QED) is 0.593. The van der Waals surface area contributed by atoms with E-state index in [0.717, 1.165) is 26.1 Å². The number of nitrogens with one attached hydrogen (secondary N) is 1. The van der Waals surface area contributed by atoms with Crippen LogP contribution in [0, 0.1) is 0 Å². The van der Waals surface area contributed by atoms with Crippen LogP contribution >= 0.6 is 11.6 Å². The largest absolute Gasteiger partial charge is 0.351 e. The van der Waals surface area contributed by atoms with Gasteiger partial charge in [0, 0.05) is 18.6 Å². The van der Waals surface area contributed by atoms with E-state index in [0.29, 0.717) is 22.8 Å². The molecule has 0 saturated carbocycles. The number of aryl methyl sites for hydroxylation is 1. The monoisotopic (exact) mass is 442 g/mol. The molecule has 8 nitrogen and oxygen atoms in total. The number of amides is 1. The summed E-state index contributed by atoms with van der Waals surface area (Å²) in [6.07, 6.45) is 7.40. The molecular formula is C22H27ClN6O2. The third kappa shape index (κ3) is 4.80. The first kappa shape index (κ1) is 21.5. The van der Waals surface area contributed by atoms with Crippen molar-refractivity contribution >= 4 is 28.5 Å². The molecule has 0 bridgehead atoms. The molecule has 2 aromatic heterocycles. The van der Waals surface area contributed by atoms with Gasteiger partial charge in [-0.25, -0.2) is 9.67 Å². The van der Waals surface area contributed by atoms with Crippen molar-refractivity contribution in [1.29, 1.82) is 0 Å². The fourth-order valence-electron chi connectivity index (χ4n) is 3.96. The average Bonchev–Trinajstić information content (AvgIpc) is 2.96. The van der Waals surface area contributed by atoms with Gasteiger partial charge in [0.15, 0.2) is 11.2 Å². The Morgan fingerprint density at radius 2 is 1.84 bits per heavy atom. The van der Waals surface area contributed by atoms with E-state index in [1.807, 2.05) is 0 Å². The van der Waals surface area contributed by atoms with Crippen molar-refractivity contribution in [2.75, 3.05) is 26.2 Å². The maximum absolute atomic E-state index is 12.9. The van der Waals surface area contributed by atoms with Crippen LogP contribution in [0.4, 0.5) is 0 Å². The van der Waals surface area contributed by atoms with Crippen LogP contribution in [0.2, 0.25) is 5.02 Å². The number of likely N-dealkylation sites (tertiary alicyclic amines) is 1. The molecular weight excluding hydrogens is 416 g/mol. The second-order valence-corrected chi connectivity index (χ2v) is 8.40. The highest BCUT2D eigenvalue weighted by atomic mass is 35.5. The van der Waals surface area contributed by atoms with E-state index in [1.54, 1.807) is 31.3 Å². The molecule has 0 aliphatic carbocycles. The van der Waals surface area contributed by atoms with Gasteiger partial charge >= 0.3 is 0 Å². The third-order valence-corrected chi connectivity index (χ3v) is 5.92. The Labute approximate surface area is 185 Å². The first-order valence-electron chi connectivity index (χ1n) is 10.8. The minimum atomic E-state index is -0.325. The molecule has 1 N–H and O–H groups in total. The van der Waals surface area contributed by atoms with Gasteiger partial charge in [-0.05, 0) is 63.2 Å². The number of fused-ring (bicyclic) bond motifs is 1. The van der Waals surface area contributed by atoms with Crippen molar-refractivity contribution in [3.8, 4) is 5.69 Å². The fourth-order valence-corrected chi connectivity index (χ4v) is 4.08. The second kappa shape index (κ2) is 9.62. The smallest absolute Gasteiger partial charge is 0.279 e. The molecule has 9 heteroatoms. The number of aromatic nitrogens is 4. The molecule has 1 saturated heterocycles. The summed E-state index contributed by atoms with van der Waals surface area (Å²) in [4.78, 5) is 32.5. The molecule has 1 aliphatic rings. The summed E-state index contributed by atoms with van der Waals surface area (Å²) in [6, 6.07) is 6.94. The van der Waals surface area contributed by atoms with E-state index >= 15 is 0 Å². The number of benzene rings is 1. The van der Waals surface area contributed by atoms with Crippen LogP contribution in [-0.4, -0.2) is 56.3 Å². The van der Waals surface area contributed by atoms with Gasteiger partial charge in [0.1, 0.15) is 5.52 Å². The molecule has 164 valence electrons. The summed E-state index contributed by atoms with van der Waals surface area (Å²) in [6.45, 7) is 3.79. The van der Waals surface area contributed by atoms with Crippen LogP contribution in [0.1, 0.15) is 42.6 Å². The van der Waals surface area contributed by atoms with E-state index in [4.69, 9.17) is 11.6 Å². The standard InChI is InChI=1S/C22H27ClN6O2/c1-27-15-25-18-19(21(30)24-11-6-14-28-12-4-2-3-5-13-28)26-29(20(18)22(27)31)17-9-7-16(23)8-10-17/h7-10,15H,2-6,11-14H2,1H3,(H,24,30). The van der Waals surface area contributed by atoms with Crippen LogP contribution in [0.25, 0.3) is 16.7 Å². The molecule has 4 rings (SSSR count). The molecule has 0 unspecified atom stereocenters. The Morgan fingerprint density at radius 1 is 1.13 bits per heavy atom. The Kier molecular flexibility index (Phi) is 6.67. The number of halogens is 1. The molecule has 0 spiro atoms. The van der Waals surface area contributed by atoms with Gasteiger partial charge in [-0.15, -0.1) is 0 Å². The molecule has 1 fully saturated rings. The fraction of sp³-hybridized carbons (Fsp3) is 0.455. The molecule has 3 aromatic rings. The van der Waals surface area contributed by atoms with Crippen molar-refractivity contribution in [3.63, 3.8) is 0 Å². The molecule has 0 radical (unpaired) electrons. The van der Waals surface area contributed by atoms with Gasteiger partial charge < -0.3 is 14.8 Å². The normalized spacial score (nSPS) is 15.2. The van der Waals surface area contributed by atoms with Gasteiger partial charge in [-0.2, -0.15) is 5.10 Å². The first-order chi connectivity index (χ1) is 15.0. The molecule has 0 atom stereocenters. The molecule has 3 heterocycles. The Morgan fingerprint density at radius 3 is 2.55 bits per heavy atom. The molecule has 31 heavy (non-hydrogen) atoms. The van der Waals surface area contributed by atoms with Crippen LogP contribution in [0.5, 0.6) is 0 Å². The van der Waals surface area contributed by atoms with Crippen molar-refractivity contribution < 1.29 is 4.79 Å². The summed E-state index contributed by atoms with van der Waals surface area (Å²) in [5, 5.41) is 7.97. The summed E-state index contributed by atoms with van der Waals surface area (Å²) >= 11 is 5.99. The van der Waals surface area contributed by atoms with Gasteiger partial charge in [-0.3, -0.25) is 9.59 Å². The van der Waals surface area contributed by atoms with Crippen molar-refractivity contribution in [3.05, 3.63) is 51.7 Å². The maximum atomic E-state index is 12.9. The summed E-state index contributed by atoms with van der Waals surface area (Å²) in [5.74, 6) is -0.325. The summed E-state index contributed by atoms with van der Waals surface area (Å²) in [5.41, 5.74) is 1.08. The summed E-state index contributed by atoms with van der Waals surface area (Å²) < 4.78 is 2.84. The Hall–Kier alpha value is -2.71. The third-order valence-electron chi connectivity index (χ3n) is 5.67. The Bertz CT molecular complexity index is 1110. The highest BCUT2D eigenvalue weighted by Gasteiger charge is 2.22. The SMILES string of the molecule is Cn1cnc2c(C(=O)NCCCN3CCCCCC3)nn(-c3ccc(Cl)cc3)c2c1=O. The van der Waals surface area contributed by atoms with Gasteiger partial charge in [-0.1, -0.05) is 24.4 Å². The van der Waals surface area contributed by atoms with Gasteiger partial charge in [0.25, 0.3) is 11.5 Å². The van der Waals surface area contributed by atoms with E-state index in [9.17, 15) is 9.59 Å². The van der Waals surface area contributed by atoms with E-state index in [-0.39, 0.29) is 22.7 Å². The predicted octanol–water partition coefficient (Wildman–Crippen LogP) is 2.77. The van der Waals surface area contributed by atoms with Gasteiger partial charge in [0.05, 0.1) is 12.0 Å². The van der Waals surface area contributed by atoms with Crippen LogP contribution in [-0.2, 0) is 7.05 Å². The number of nitrogens with zero attached hydrogens (tertiary/aromatic N) is 5. The maximum Gasteiger partial charge on any atom is 0.279 e. The summed E-state index contributed by atoms with van der Waals surface area (Å²) in [7, 11) is 1.62. The van der Waals surface area contributed by atoms with Crippen molar-refractivity contribution in [2.45, 2.75) is 32.1 Å². The van der Waals surface area contributed by atoms with E-state index in [2.05, 4.69) is 20.3 Å². The van der Waals surface area contributed by atoms with E-state index < -0.39 is 0 Å². The van der Waals surface area contributed by atoms with E-state index in [1.165, 1.54) is 41.3 Å².